The third-order valence-corrected chi connectivity index (χ3v) is 3.99. The van der Waals surface area contributed by atoms with Gasteiger partial charge in [0.05, 0.1) is 7.11 Å². The first-order valence-electron chi connectivity index (χ1n) is 7.16. The van der Waals surface area contributed by atoms with Gasteiger partial charge in [-0.25, -0.2) is 13.6 Å². The summed E-state index contributed by atoms with van der Waals surface area (Å²) in [5.41, 5.74) is 2.76. The van der Waals surface area contributed by atoms with Gasteiger partial charge in [-0.05, 0) is 23.6 Å². The maximum absolute atomic E-state index is 13.9. The predicted molar refractivity (Wildman–Crippen MR) is 82.4 cm³/mol. The van der Waals surface area contributed by atoms with Crippen molar-refractivity contribution in [2.75, 3.05) is 12.4 Å². The Balaban J connectivity index is 1.78. The van der Waals surface area contributed by atoms with Crippen molar-refractivity contribution < 1.29 is 18.3 Å². The molecule has 2 aromatic carbocycles. The second kappa shape index (κ2) is 5.87. The first-order valence-corrected chi connectivity index (χ1v) is 7.16. The van der Waals surface area contributed by atoms with Gasteiger partial charge in [0.1, 0.15) is 11.4 Å². The fourth-order valence-electron chi connectivity index (χ4n) is 2.71. The molecule has 4 nitrogen and oxygen atoms in total. The molecule has 0 aliphatic carbocycles. The molecule has 0 spiro atoms. The monoisotopic (exact) mass is 318 g/mol. The Morgan fingerprint density at radius 1 is 1.22 bits per heavy atom. The summed E-state index contributed by atoms with van der Waals surface area (Å²) in [5, 5.41) is 2.31. The van der Waals surface area contributed by atoms with Crippen LogP contribution in [0.25, 0.3) is 0 Å². The molecule has 1 aliphatic heterocycles. The zero-order valence-electron chi connectivity index (χ0n) is 12.8. The lowest BCUT2D eigenvalue weighted by atomic mass is 10.1. The molecule has 120 valence electrons. The molecule has 0 saturated heterocycles. The maximum Gasteiger partial charge on any atom is 0.322 e. The third-order valence-electron chi connectivity index (χ3n) is 3.99. The standard InChI is InChI=1S/C17H16F2N2O2/c1-10-4-3-5-11-8-21(9-13(10)11)17(22)20-16-14(18)6-12(23-2)7-15(16)19/h3-7H,8-9H2,1-2H3,(H,20,22). The van der Waals surface area contributed by atoms with Gasteiger partial charge in [0.15, 0.2) is 11.6 Å². The van der Waals surface area contributed by atoms with Crippen LogP contribution in [0.3, 0.4) is 0 Å². The Morgan fingerprint density at radius 2 is 1.91 bits per heavy atom. The van der Waals surface area contributed by atoms with Crippen LogP contribution in [0.2, 0.25) is 0 Å². The average molecular weight is 318 g/mol. The fourth-order valence-corrected chi connectivity index (χ4v) is 2.71. The average Bonchev–Trinajstić information content (AvgIpc) is 2.96. The summed E-state index contributed by atoms with van der Waals surface area (Å²) < 4.78 is 32.6. The second-order valence-electron chi connectivity index (χ2n) is 5.46. The smallest absolute Gasteiger partial charge is 0.322 e. The van der Waals surface area contributed by atoms with Crippen molar-refractivity contribution >= 4 is 11.7 Å². The van der Waals surface area contributed by atoms with Gasteiger partial charge in [-0.3, -0.25) is 0 Å². The largest absolute Gasteiger partial charge is 0.497 e. The molecule has 0 atom stereocenters. The van der Waals surface area contributed by atoms with Crippen LogP contribution in [-0.2, 0) is 13.1 Å². The Morgan fingerprint density at radius 3 is 2.52 bits per heavy atom. The van der Waals surface area contributed by atoms with E-state index in [2.05, 4.69) is 5.32 Å². The lowest BCUT2D eigenvalue weighted by Gasteiger charge is -2.17. The molecule has 3 rings (SSSR count). The van der Waals surface area contributed by atoms with Gasteiger partial charge >= 0.3 is 6.03 Å². The molecule has 2 aromatic rings. The molecule has 0 saturated carbocycles. The number of urea groups is 1. The van der Waals surface area contributed by atoms with Crippen molar-refractivity contribution in [1.29, 1.82) is 0 Å². The first kappa shape index (κ1) is 15.3. The Bertz CT molecular complexity index is 754. The Hall–Kier alpha value is -2.63. The highest BCUT2D eigenvalue weighted by Gasteiger charge is 2.26. The van der Waals surface area contributed by atoms with E-state index in [0.29, 0.717) is 13.1 Å². The number of carbonyl (C=O) groups is 1. The summed E-state index contributed by atoms with van der Waals surface area (Å²) in [6.45, 7) is 2.82. The number of carbonyl (C=O) groups excluding carboxylic acids is 1. The molecular weight excluding hydrogens is 302 g/mol. The molecule has 0 unspecified atom stereocenters. The minimum Gasteiger partial charge on any atom is -0.497 e. The van der Waals surface area contributed by atoms with E-state index in [1.807, 2.05) is 25.1 Å². The number of ether oxygens (including phenoxy) is 1. The summed E-state index contributed by atoms with van der Waals surface area (Å²) >= 11 is 0. The van der Waals surface area contributed by atoms with E-state index in [9.17, 15) is 13.6 Å². The van der Waals surface area contributed by atoms with Crippen LogP contribution in [-0.4, -0.2) is 18.0 Å². The number of methoxy groups -OCH3 is 1. The maximum atomic E-state index is 13.9. The summed E-state index contributed by atoms with van der Waals surface area (Å²) in [7, 11) is 1.32. The Labute approximate surface area is 132 Å². The Kier molecular flexibility index (Phi) is 3.90. The van der Waals surface area contributed by atoms with Crippen molar-refractivity contribution in [2.24, 2.45) is 0 Å². The molecule has 1 aliphatic rings. The highest BCUT2D eigenvalue weighted by molar-refractivity contribution is 5.90. The molecule has 23 heavy (non-hydrogen) atoms. The number of nitrogens with zero attached hydrogens (tertiary/aromatic N) is 1. The molecule has 0 fully saturated rings. The number of hydrogen-bond donors (Lipinski definition) is 1. The normalized spacial score (nSPS) is 13.0. The van der Waals surface area contributed by atoms with Crippen LogP contribution in [0, 0.1) is 18.6 Å². The number of halogens is 2. The lowest BCUT2D eigenvalue weighted by Crippen LogP contribution is -2.31. The van der Waals surface area contributed by atoms with Crippen LogP contribution in [0.5, 0.6) is 5.75 Å². The number of benzene rings is 2. The number of aryl methyl sites for hydroxylation is 1. The molecule has 1 heterocycles. The van der Waals surface area contributed by atoms with Crippen molar-refractivity contribution in [2.45, 2.75) is 20.0 Å². The molecule has 0 radical (unpaired) electrons. The summed E-state index contributed by atoms with van der Waals surface area (Å²) in [6.07, 6.45) is 0. The van der Waals surface area contributed by atoms with Crippen LogP contribution >= 0.6 is 0 Å². The van der Waals surface area contributed by atoms with Crippen LogP contribution in [0.4, 0.5) is 19.3 Å². The van der Waals surface area contributed by atoms with Crippen LogP contribution < -0.4 is 10.1 Å². The summed E-state index contributed by atoms with van der Waals surface area (Å²) in [6, 6.07) is 7.37. The van der Waals surface area contributed by atoms with Gasteiger partial charge in [0.2, 0.25) is 0 Å². The second-order valence-corrected chi connectivity index (χ2v) is 5.46. The first-order chi connectivity index (χ1) is 11.0. The van der Waals surface area contributed by atoms with Crippen LogP contribution in [0.1, 0.15) is 16.7 Å². The van der Waals surface area contributed by atoms with Gasteiger partial charge in [-0.2, -0.15) is 0 Å². The number of amides is 2. The zero-order chi connectivity index (χ0) is 16.6. The lowest BCUT2D eigenvalue weighted by molar-refractivity contribution is 0.212. The predicted octanol–water partition coefficient (Wildman–Crippen LogP) is 3.83. The van der Waals surface area contributed by atoms with Gasteiger partial charge in [0.25, 0.3) is 0 Å². The minimum atomic E-state index is -0.872. The molecular formula is C17H16F2N2O2. The van der Waals surface area contributed by atoms with Crippen molar-refractivity contribution in [3.05, 3.63) is 58.7 Å². The van der Waals surface area contributed by atoms with Gasteiger partial charge in [-0.1, -0.05) is 18.2 Å². The van der Waals surface area contributed by atoms with Gasteiger partial charge in [-0.15, -0.1) is 0 Å². The topological polar surface area (TPSA) is 41.6 Å². The van der Waals surface area contributed by atoms with Crippen molar-refractivity contribution in [3.8, 4) is 5.75 Å². The van der Waals surface area contributed by atoms with Gasteiger partial charge < -0.3 is 15.0 Å². The number of fused-ring (bicyclic) bond motifs is 1. The summed E-state index contributed by atoms with van der Waals surface area (Å²) in [5.74, 6) is -1.69. The SMILES string of the molecule is COc1cc(F)c(NC(=O)N2Cc3cccc(C)c3C2)c(F)c1. The molecule has 0 aromatic heterocycles. The van der Waals surface area contributed by atoms with Crippen molar-refractivity contribution in [1.82, 2.24) is 4.90 Å². The van der Waals surface area contributed by atoms with Gasteiger partial charge in [0, 0.05) is 25.2 Å². The highest BCUT2D eigenvalue weighted by Crippen LogP contribution is 2.28. The van der Waals surface area contributed by atoms with Crippen LogP contribution in [0.15, 0.2) is 30.3 Å². The van der Waals surface area contributed by atoms with E-state index in [1.165, 1.54) is 12.0 Å². The fraction of sp³-hybridized carbons (Fsp3) is 0.235. The van der Waals surface area contributed by atoms with E-state index >= 15 is 0 Å². The molecule has 0 bridgehead atoms. The van der Waals surface area contributed by atoms with E-state index in [0.717, 1.165) is 28.8 Å². The summed E-state index contributed by atoms with van der Waals surface area (Å²) in [4.78, 5) is 13.8. The minimum absolute atomic E-state index is 0.0576. The molecule has 2 amide bonds. The molecule has 1 N–H and O–H groups in total. The quantitative estimate of drug-likeness (QED) is 0.914. The number of anilines is 1. The highest BCUT2D eigenvalue weighted by atomic mass is 19.1. The molecule has 6 heteroatoms. The number of hydrogen-bond acceptors (Lipinski definition) is 2. The number of nitrogens with one attached hydrogen (secondary N) is 1. The van der Waals surface area contributed by atoms with E-state index in [1.54, 1.807) is 0 Å². The number of rotatable bonds is 2. The van der Waals surface area contributed by atoms with Crippen molar-refractivity contribution in [3.63, 3.8) is 0 Å². The zero-order valence-corrected chi connectivity index (χ0v) is 12.8. The van der Waals surface area contributed by atoms with E-state index in [4.69, 9.17) is 4.74 Å². The van der Waals surface area contributed by atoms with E-state index in [-0.39, 0.29) is 5.75 Å². The third kappa shape index (κ3) is 2.84. The van der Waals surface area contributed by atoms with E-state index < -0.39 is 23.4 Å².